The number of nitrogens with zero attached hydrogens (tertiary/aromatic N) is 2. The first-order valence-corrected chi connectivity index (χ1v) is 11.5. The number of hydroxylamine groups is 1. The van der Waals surface area contributed by atoms with Gasteiger partial charge in [-0.05, 0) is 63.7 Å². The maximum absolute atomic E-state index is 8.98. The molecule has 2 aromatic carbocycles. The number of rotatable bonds is 5. The molecule has 2 N–H and O–H groups in total. The molecular formula is C30H41N3O. The summed E-state index contributed by atoms with van der Waals surface area (Å²) in [6, 6.07) is 18.0. The highest BCUT2D eigenvalue weighted by Gasteiger charge is 2.01. The standard InChI is InChI=1S/C15H16N2.C8H11NO.C5H8.C2H6/c1-3-9-16-14(4-2)13-10-12-7-5-6-8-15(12)17-11-13;1-7-4-3-5-8(6-7)9(2)10;1-4-5(2)3;1-2/h3-11,16H,1-2H3;3-6,10H,1-2H3;4H,1-2H2,3H3;1-2H3/b9-3-,14-4-;;;. The van der Waals surface area contributed by atoms with E-state index in [-0.39, 0.29) is 0 Å². The molecule has 0 aliphatic heterocycles. The van der Waals surface area contributed by atoms with Gasteiger partial charge in [0.25, 0.3) is 0 Å². The molecule has 34 heavy (non-hydrogen) atoms. The Hall–Kier alpha value is -3.63. The van der Waals surface area contributed by atoms with Crippen LogP contribution in [0.5, 0.6) is 0 Å². The average Bonchev–Trinajstić information content (AvgIpc) is 2.86. The first kappa shape index (κ1) is 30.4. The van der Waals surface area contributed by atoms with Crippen molar-refractivity contribution < 1.29 is 5.21 Å². The number of hydrogen-bond donors (Lipinski definition) is 2. The summed E-state index contributed by atoms with van der Waals surface area (Å²) in [6.07, 6.45) is 9.56. The summed E-state index contributed by atoms with van der Waals surface area (Å²) in [4.78, 5) is 4.45. The van der Waals surface area contributed by atoms with E-state index in [0.29, 0.717) is 0 Å². The van der Waals surface area contributed by atoms with Crippen LogP contribution in [0.4, 0.5) is 5.69 Å². The van der Waals surface area contributed by atoms with E-state index in [0.717, 1.165) is 44.1 Å². The van der Waals surface area contributed by atoms with Crippen molar-refractivity contribution in [2.75, 3.05) is 12.1 Å². The zero-order valence-corrected chi connectivity index (χ0v) is 21.8. The Morgan fingerprint density at radius 1 is 1.06 bits per heavy atom. The Labute approximate surface area is 206 Å². The van der Waals surface area contributed by atoms with E-state index in [1.54, 1.807) is 13.1 Å². The second kappa shape index (κ2) is 17.9. The van der Waals surface area contributed by atoms with Crippen molar-refractivity contribution in [2.45, 2.75) is 41.5 Å². The molecule has 0 spiro atoms. The minimum Gasteiger partial charge on any atom is -0.362 e. The fourth-order valence-electron chi connectivity index (χ4n) is 2.55. The molecule has 0 fully saturated rings. The summed E-state index contributed by atoms with van der Waals surface area (Å²) in [5.41, 5.74) is 6.19. The third kappa shape index (κ3) is 11.8. The van der Waals surface area contributed by atoms with Gasteiger partial charge in [0.1, 0.15) is 0 Å². The average molecular weight is 460 g/mol. The normalized spacial score (nSPS) is 10.1. The summed E-state index contributed by atoms with van der Waals surface area (Å²) in [6.45, 7) is 18.9. The first-order valence-electron chi connectivity index (χ1n) is 11.5. The monoisotopic (exact) mass is 459 g/mol. The van der Waals surface area contributed by atoms with Gasteiger partial charge in [0.15, 0.2) is 0 Å². The lowest BCUT2D eigenvalue weighted by Gasteiger charge is -2.09. The fourth-order valence-corrected chi connectivity index (χ4v) is 2.55. The van der Waals surface area contributed by atoms with Crippen LogP contribution in [0.2, 0.25) is 0 Å². The molecule has 0 amide bonds. The fraction of sp³-hybridized carbons (Fsp3) is 0.233. The Balaban J connectivity index is 0.000000543. The second-order valence-corrected chi connectivity index (χ2v) is 7.18. The first-order chi connectivity index (χ1) is 16.3. The maximum Gasteiger partial charge on any atom is 0.0702 e. The number of aromatic nitrogens is 1. The van der Waals surface area contributed by atoms with Gasteiger partial charge in [-0.3, -0.25) is 15.3 Å². The summed E-state index contributed by atoms with van der Waals surface area (Å²) in [7, 11) is 1.61. The van der Waals surface area contributed by atoms with Gasteiger partial charge in [-0.1, -0.05) is 81.1 Å². The number of para-hydroxylation sites is 1. The van der Waals surface area contributed by atoms with E-state index in [9.17, 15) is 0 Å². The van der Waals surface area contributed by atoms with Crippen LogP contribution in [-0.2, 0) is 0 Å². The summed E-state index contributed by atoms with van der Waals surface area (Å²) in [5, 5.41) is 14.5. The predicted octanol–water partition coefficient (Wildman–Crippen LogP) is 8.31. The van der Waals surface area contributed by atoms with E-state index in [2.05, 4.69) is 35.6 Å². The highest BCUT2D eigenvalue weighted by molar-refractivity contribution is 5.82. The molecule has 0 aliphatic rings. The van der Waals surface area contributed by atoms with Gasteiger partial charge >= 0.3 is 0 Å². The molecule has 0 radical (unpaired) electrons. The molecule has 0 bridgehead atoms. The Morgan fingerprint density at radius 2 is 1.71 bits per heavy atom. The Morgan fingerprint density at radius 3 is 2.21 bits per heavy atom. The van der Waals surface area contributed by atoms with E-state index in [4.69, 9.17) is 5.21 Å². The van der Waals surface area contributed by atoms with Crippen LogP contribution < -0.4 is 10.4 Å². The number of anilines is 1. The van der Waals surface area contributed by atoms with E-state index in [1.165, 1.54) is 0 Å². The van der Waals surface area contributed by atoms with E-state index < -0.39 is 0 Å². The van der Waals surface area contributed by atoms with Crippen LogP contribution in [0, 0.1) is 6.92 Å². The number of aryl methyl sites for hydroxylation is 1. The molecule has 0 saturated carbocycles. The molecule has 0 unspecified atom stereocenters. The summed E-state index contributed by atoms with van der Waals surface area (Å²) in [5.74, 6) is 0. The molecule has 0 atom stereocenters. The number of fused-ring (bicyclic) bond motifs is 1. The van der Waals surface area contributed by atoms with Crippen molar-refractivity contribution in [1.82, 2.24) is 10.3 Å². The molecule has 1 heterocycles. The van der Waals surface area contributed by atoms with Crippen molar-refractivity contribution in [3.8, 4) is 0 Å². The van der Waals surface area contributed by atoms with Crippen LogP contribution in [0.15, 0.2) is 104 Å². The molecule has 4 nitrogen and oxygen atoms in total. The number of allylic oxidation sites excluding steroid dienone is 4. The number of pyridine rings is 1. The largest absolute Gasteiger partial charge is 0.362 e. The van der Waals surface area contributed by atoms with E-state index in [1.807, 2.05) is 109 Å². The molecule has 3 rings (SSSR count). The lowest BCUT2D eigenvalue weighted by atomic mass is 10.1. The maximum atomic E-state index is 8.98. The topological polar surface area (TPSA) is 48.4 Å². The highest BCUT2D eigenvalue weighted by Crippen LogP contribution is 2.17. The van der Waals surface area contributed by atoms with Crippen LogP contribution in [-0.4, -0.2) is 17.2 Å². The molecule has 4 heteroatoms. The Kier molecular flexibility index (Phi) is 16.0. The van der Waals surface area contributed by atoms with E-state index >= 15 is 0 Å². The van der Waals surface area contributed by atoms with Crippen molar-refractivity contribution in [3.63, 3.8) is 0 Å². The van der Waals surface area contributed by atoms with Gasteiger partial charge in [0.2, 0.25) is 0 Å². The van der Waals surface area contributed by atoms with Crippen LogP contribution >= 0.6 is 0 Å². The van der Waals surface area contributed by atoms with Gasteiger partial charge in [-0.15, -0.1) is 0 Å². The lowest BCUT2D eigenvalue weighted by Crippen LogP contribution is -2.09. The zero-order chi connectivity index (χ0) is 25.9. The lowest BCUT2D eigenvalue weighted by molar-refractivity contribution is 0.279. The number of benzene rings is 2. The number of nitrogens with one attached hydrogen (secondary N) is 1. The Bertz CT molecular complexity index is 1070. The third-order valence-corrected chi connectivity index (χ3v) is 4.32. The third-order valence-electron chi connectivity index (χ3n) is 4.32. The number of hydrogen-bond acceptors (Lipinski definition) is 4. The van der Waals surface area contributed by atoms with Gasteiger partial charge in [0, 0.05) is 29.9 Å². The van der Waals surface area contributed by atoms with Crippen molar-refractivity contribution in [1.29, 1.82) is 0 Å². The van der Waals surface area contributed by atoms with Crippen LogP contribution in [0.25, 0.3) is 16.6 Å². The van der Waals surface area contributed by atoms with Gasteiger partial charge in [-0.2, -0.15) is 0 Å². The zero-order valence-electron chi connectivity index (χ0n) is 21.8. The minimum absolute atomic E-state index is 0.819. The molecule has 0 aliphatic carbocycles. The molecule has 1 aromatic heterocycles. The van der Waals surface area contributed by atoms with Crippen molar-refractivity contribution in [2.24, 2.45) is 0 Å². The minimum atomic E-state index is 0.819. The molecular weight excluding hydrogens is 418 g/mol. The van der Waals surface area contributed by atoms with Gasteiger partial charge in [0.05, 0.1) is 11.2 Å². The van der Waals surface area contributed by atoms with Gasteiger partial charge < -0.3 is 5.32 Å². The van der Waals surface area contributed by atoms with Crippen molar-refractivity contribution in [3.05, 3.63) is 115 Å². The van der Waals surface area contributed by atoms with Crippen LogP contribution in [0.1, 0.15) is 45.7 Å². The summed E-state index contributed by atoms with van der Waals surface area (Å²) >= 11 is 0. The quantitative estimate of drug-likeness (QED) is 0.297. The van der Waals surface area contributed by atoms with Crippen molar-refractivity contribution >= 4 is 22.3 Å². The van der Waals surface area contributed by atoms with Crippen LogP contribution in [0.3, 0.4) is 0 Å². The highest BCUT2D eigenvalue weighted by atomic mass is 16.5. The second-order valence-electron chi connectivity index (χ2n) is 7.18. The smallest absolute Gasteiger partial charge is 0.0702 e. The van der Waals surface area contributed by atoms with Gasteiger partial charge in [-0.25, -0.2) is 0 Å². The SMILES string of the molecule is C/C=C\N/C(=C\C)c1cnc2ccccc2c1.C=CC(=C)C.CC.Cc1cccc(N(C)O)c1. The summed E-state index contributed by atoms with van der Waals surface area (Å²) < 4.78 is 0. The molecule has 0 saturated heterocycles. The predicted molar refractivity (Wildman–Crippen MR) is 151 cm³/mol. The molecule has 182 valence electrons. The molecule has 3 aromatic rings.